The Labute approximate surface area is 120 Å². The highest BCUT2D eigenvalue weighted by molar-refractivity contribution is 5.57. The van der Waals surface area contributed by atoms with Crippen LogP contribution in [0.2, 0.25) is 0 Å². The average Bonchev–Trinajstić information content (AvgIpc) is 2.42. The average molecular weight is 280 g/mol. The lowest BCUT2D eigenvalue weighted by Gasteiger charge is -2.35. The molecular formula is C16H25FN2O. The molecule has 1 fully saturated rings. The van der Waals surface area contributed by atoms with Crippen LogP contribution < -0.4 is 10.6 Å². The SMILES string of the molecule is CCOC1CCN(c2cc(C)c(F)cc2[C@H](C)N)CC1. The van der Waals surface area contributed by atoms with Crippen LogP contribution in [0.25, 0.3) is 0 Å². The summed E-state index contributed by atoms with van der Waals surface area (Å²) in [5, 5.41) is 0. The van der Waals surface area contributed by atoms with Gasteiger partial charge >= 0.3 is 0 Å². The Morgan fingerprint density at radius 1 is 1.40 bits per heavy atom. The molecule has 0 bridgehead atoms. The molecule has 1 heterocycles. The van der Waals surface area contributed by atoms with Crippen LogP contribution in [-0.4, -0.2) is 25.8 Å². The smallest absolute Gasteiger partial charge is 0.126 e. The molecule has 0 radical (unpaired) electrons. The van der Waals surface area contributed by atoms with Gasteiger partial charge < -0.3 is 15.4 Å². The van der Waals surface area contributed by atoms with Crippen molar-refractivity contribution in [1.29, 1.82) is 0 Å². The van der Waals surface area contributed by atoms with Gasteiger partial charge in [-0.3, -0.25) is 0 Å². The number of anilines is 1. The Morgan fingerprint density at radius 3 is 2.60 bits per heavy atom. The summed E-state index contributed by atoms with van der Waals surface area (Å²) in [6.07, 6.45) is 2.39. The number of benzene rings is 1. The van der Waals surface area contributed by atoms with Crippen molar-refractivity contribution in [2.75, 3.05) is 24.6 Å². The topological polar surface area (TPSA) is 38.5 Å². The molecule has 0 spiro atoms. The highest BCUT2D eigenvalue weighted by atomic mass is 19.1. The fraction of sp³-hybridized carbons (Fsp3) is 0.625. The predicted octanol–water partition coefficient (Wildman–Crippen LogP) is 3.16. The summed E-state index contributed by atoms with van der Waals surface area (Å²) in [4.78, 5) is 2.31. The molecule has 1 atom stereocenters. The number of aryl methyl sites for hydroxylation is 1. The van der Waals surface area contributed by atoms with Crippen LogP contribution in [0.15, 0.2) is 12.1 Å². The van der Waals surface area contributed by atoms with Crippen molar-refractivity contribution in [3.8, 4) is 0 Å². The summed E-state index contributed by atoms with van der Waals surface area (Å²) in [5.74, 6) is -0.176. The Morgan fingerprint density at radius 2 is 2.05 bits per heavy atom. The van der Waals surface area contributed by atoms with Crippen LogP contribution in [-0.2, 0) is 4.74 Å². The number of hydrogen-bond donors (Lipinski definition) is 1. The maximum absolute atomic E-state index is 13.8. The van der Waals surface area contributed by atoms with Crippen molar-refractivity contribution >= 4 is 5.69 Å². The van der Waals surface area contributed by atoms with Crippen LogP contribution in [0.5, 0.6) is 0 Å². The van der Waals surface area contributed by atoms with E-state index in [4.69, 9.17) is 10.5 Å². The maximum atomic E-state index is 13.8. The molecule has 0 amide bonds. The molecular weight excluding hydrogens is 255 g/mol. The third-order valence-corrected chi connectivity index (χ3v) is 3.98. The normalized spacial score (nSPS) is 18.4. The zero-order valence-electron chi connectivity index (χ0n) is 12.7. The molecule has 0 aliphatic carbocycles. The van der Waals surface area contributed by atoms with Gasteiger partial charge in [-0.15, -0.1) is 0 Å². The summed E-state index contributed by atoms with van der Waals surface area (Å²) in [6, 6.07) is 3.35. The first kappa shape index (κ1) is 15.3. The van der Waals surface area contributed by atoms with Crippen LogP contribution in [0.3, 0.4) is 0 Å². The van der Waals surface area contributed by atoms with E-state index in [-0.39, 0.29) is 11.9 Å². The first-order valence-electron chi connectivity index (χ1n) is 7.45. The molecule has 1 aliphatic heterocycles. The molecule has 4 heteroatoms. The zero-order valence-corrected chi connectivity index (χ0v) is 12.7. The molecule has 1 aromatic carbocycles. The Hall–Kier alpha value is -1.13. The second-order valence-corrected chi connectivity index (χ2v) is 5.59. The van der Waals surface area contributed by atoms with Crippen molar-refractivity contribution in [2.45, 2.75) is 45.8 Å². The van der Waals surface area contributed by atoms with Gasteiger partial charge in [0.1, 0.15) is 5.82 Å². The minimum atomic E-state index is -0.176. The number of piperidine rings is 1. The molecule has 1 saturated heterocycles. The van der Waals surface area contributed by atoms with Crippen molar-refractivity contribution < 1.29 is 9.13 Å². The minimum absolute atomic E-state index is 0.162. The summed E-state index contributed by atoms with van der Waals surface area (Å²) in [7, 11) is 0. The highest BCUT2D eigenvalue weighted by Crippen LogP contribution is 2.30. The van der Waals surface area contributed by atoms with Crippen molar-refractivity contribution in [3.05, 3.63) is 29.1 Å². The number of hydrogen-bond acceptors (Lipinski definition) is 3. The van der Waals surface area contributed by atoms with Crippen LogP contribution >= 0.6 is 0 Å². The summed E-state index contributed by atoms with van der Waals surface area (Å²) in [5.41, 5.74) is 8.64. The van der Waals surface area contributed by atoms with Gasteiger partial charge in [0.2, 0.25) is 0 Å². The van der Waals surface area contributed by atoms with Gasteiger partial charge in [0, 0.05) is 31.4 Å². The standard InChI is InChI=1S/C16H25FN2O/c1-4-20-13-5-7-19(8-6-13)16-9-11(2)15(17)10-14(16)12(3)18/h9-10,12-13H,4-8,18H2,1-3H3/t12-/m0/s1. The van der Waals surface area contributed by atoms with E-state index >= 15 is 0 Å². The van der Waals surface area contributed by atoms with E-state index in [1.54, 1.807) is 13.0 Å². The van der Waals surface area contributed by atoms with Crippen molar-refractivity contribution in [3.63, 3.8) is 0 Å². The van der Waals surface area contributed by atoms with E-state index in [9.17, 15) is 4.39 Å². The molecule has 2 rings (SSSR count). The monoisotopic (exact) mass is 280 g/mol. The molecule has 0 aromatic heterocycles. The summed E-state index contributed by atoms with van der Waals surface area (Å²) >= 11 is 0. The van der Waals surface area contributed by atoms with Gasteiger partial charge in [-0.25, -0.2) is 4.39 Å². The second kappa shape index (κ2) is 6.55. The fourth-order valence-electron chi connectivity index (χ4n) is 2.82. The van der Waals surface area contributed by atoms with E-state index in [2.05, 4.69) is 4.90 Å². The predicted molar refractivity (Wildman–Crippen MR) is 80.6 cm³/mol. The van der Waals surface area contributed by atoms with Gasteiger partial charge in [0.15, 0.2) is 0 Å². The summed E-state index contributed by atoms with van der Waals surface area (Å²) in [6.45, 7) is 8.39. The Bertz CT molecular complexity index is 454. The highest BCUT2D eigenvalue weighted by Gasteiger charge is 2.22. The summed E-state index contributed by atoms with van der Waals surface area (Å²) < 4.78 is 19.4. The van der Waals surface area contributed by atoms with Gasteiger partial charge in [-0.05, 0) is 56.9 Å². The third-order valence-electron chi connectivity index (χ3n) is 3.98. The minimum Gasteiger partial charge on any atom is -0.378 e. The van der Waals surface area contributed by atoms with Crippen LogP contribution in [0, 0.1) is 12.7 Å². The Balaban J connectivity index is 2.18. The number of rotatable bonds is 4. The molecule has 3 nitrogen and oxygen atoms in total. The number of halogens is 1. The lowest BCUT2D eigenvalue weighted by Crippen LogP contribution is -2.38. The van der Waals surface area contributed by atoms with Gasteiger partial charge in [0.25, 0.3) is 0 Å². The molecule has 1 aliphatic rings. The lowest BCUT2D eigenvalue weighted by atomic mass is 10.00. The van der Waals surface area contributed by atoms with Crippen LogP contribution in [0.4, 0.5) is 10.1 Å². The van der Waals surface area contributed by atoms with E-state index in [0.717, 1.165) is 43.8 Å². The number of nitrogens with two attached hydrogens (primary N) is 1. The zero-order chi connectivity index (χ0) is 14.7. The molecule has 1 aromatic rings. The lowest BCUT2D eigenvalue weighted by molar-refractivity contribution is 0.0459. The van der Waals surface area contributed by atoms with E-state index in [0.29, 0.717) is 11.7 Å². The first-order valence-corrected chi connectivity index (χ1v) is 7.45. The van der Waals surface area contributed by atoms with Gasteiger partial charge in [-0.2, -0.15) is 0 Å². The second-order valence-electron chi connectivity index (χ2n) is 5.59. The molecule has 0 saturated carbocycles. The van der Waals surface area contributed by atoms with Crippen LogP contribution in [0.1, 0.15) is 43.9 Å². The quantitative estimate of drug-likeness (QED) is 0.920. The number of ether oxygens (including phenoxy) is 1. The van der Waals surface area contributed by atoms with E-state index in [1.807, 2.05) is 19.9 Å². The fourth-order valence-corrected chi connectivity index (χ4v) is 2.82. The molecule has 20 heavy (non-hydrogen) atoms. The third kappa shape index (κ3) is 3.30. The maximum Gasteiger partial charge on any atom is 0.126 e. The van der Waals surface area contributed by atoms with Gasteiger partial charge in [0.05, 0.1) is 6.10 Å². The first-order chi connectivity index (χ1) is 9.52. The molecule has 0 unspecified atom stereocenters. The Kier molecular flexibility index (Phi) is 5.00. The van der Waals surface area contributed by atoms with E-state index < -0.39 is 0 Å². The van der Waals surface area contributed by atoms with E-state index in [1.165, 1.54) is 0 Å². The van der Waals surface area contributed by atoms with Crippen molar-refractivity contribution in [2.24, 2.45) is 5.73 Å². The number of nitrogens with zero attached hydrogens (tertiary/aromatic N) is 1. The largest absolute Gasteiger partial charge is 0.378 e. The van der Waals surface area contributed by atoms with Gasteiger partial charge in [-0.1, -0.05) is 0 Å². The molecule has 112 valence electrons. The van der Waals surface area contributed by atoms with Crippen molar-refractivity contribution in [1.82, 2.24) is 0 Å². The molecule has 2 N–H and O–H groups in total.